The molecule has 0 aliphatic carbocycles. The lowest BCUT2D eigenvalue weighted by molar-refractivity contribution is -0.203. The second-order valence-electron chi connectivity index (χ2n) is 4.17. The van der Waals surface area contributed by atoms with Gasteiger partial charge in [-0.25, -0.2) is 9.78 Å². The van der Waals surface area contributed by atoms with Gasteiger partial charge in [0, 0.05) is 19.3 Å². The van der Waals surface area contributed by atoms with Crippen molar-refractivity contribution in [2.75, 3.05) is 6.54 Å². The summed E-state index contributed by atoms with van der Waals surface area (Å²) in [4.78, 5) is 26.0. The number of amides is 1. The molecule has 0 aliphatic heterocycles. The summed E-state index contributed by atoms with van der Waals surface area (Å²) in [5.74, 6) is -3.44. The maximum atomic E-state index is 12.7. The van der Waals surface area contributed by atoms with Crippen molar-refractivity contribution >= 4 is 11.9 Å². The van der Waals surface area contributed by atoms with Crippen LogP contribution in [0.4, 0.5) is 13.2 Å². The van der Waals surface area contributed by atoms with Gasteiger partial charge >= 0.3 is 12.1 Å². The van der Waals surface area contributed by atoms with Gasteiger partial charge in [-0.05, 0) is 6.92 Å². The molecule has 1 aromatic heterocycles. The smallest absolute Gasteiger partial charge is 0.422 e. The largest absolute Gasteiger partial charge is 0.479 e. The number of imidazole rings is 1. The lowest BCUT2D eigenvalue weighted by Crippen LogP contribution is -2.61. The summed E-state index contributed by atoms with van der Waals surface area (Å²) in [6, 6.07) is 0. The first-order chi connectivity index (χ1) is 9.11. The SMILES string of the molecule is CC(NC(=O)c1cn(CCN)cn1)(C(=O)O)C(F)(F)F. The van der Waals surface area contributed by atoms with Crippen molar-refractivity contribution in [3.05, 3.63) is 18.2 Å². The number of carbonyl (C=O) groups is 2. The Morgan fingerprint density at radius 2 is 2.10 bits per heavy atom. The standard InChI is InChI=1S/C10H13F3N4O3/c1-9(8(19)20,10(11,12)13)16-7(18)6-4-17(3-2-14)5-15-6/h4-5H,2-3,14H2,1H3,(H,16,18)(H,19,20). The van der Waals surface area contributed by atoms with E-state index in [1.165, 1.54) is 22.4 Å². The van der Waals surface area contributed by atoms with E-state index in [0.29, 0.717) is 13.5 Å². The Balaban J connectivity index is 2.94. The summed E-state index contributed by atoms with van der Waals surface area (Å²) in [7, 11) is 0. The van der Waals surface area contributed by atoms with Crippen LogP contribution in [-0.4, -0.2) is 44.8 Å². The average molecular weight is 294 g/mol. The van der Waals surface area contributed by atoms with Crippen LogP contribution >= 0.6 is 0 Å². The quantitative estimate of drug-likeness (QED) is 0.706. The maximum absolute atomic E-state index is 12.7. The third-order valence-electron chi connectivity index (χ3n) is 2.61. The highest BCUT2D eigenvalue weighted by molar-refractivity contribution is 5.96. The normalized spacial score (nSPS) is 14.7. The summed E-state index contributed by atoms with van der Waals surface area (Å²) in [6.45, 7) is 0.951. The number of nitrogens with two attached hydrogens (primary N) is 1. The molecule has 0 aromatic carbocycles. The van der Waals surface area contributed by atoms with Crippen LogP contribution in [0, 0.1) is 0 Å². The van der Waals surface area contributed by atoms with Crippen molar-refractivity contribution in [1.29, 1.82) is 0 Å². The van der Waals surface area contributed by atoms with Crippen LogP contribution in [0.15, 0.2) is 12.5 Å². The number of nitrogens with one attached hydrogen (secondary N) is 1. The zero-order chi connectivity index (χ0) is 15.6. The van der Waals surface area contributed by atoms with Crippen LogP contribution < -0.4 is 11.1 Å². The van der Waals surface area contributed by atoms with E-state index >= 15 is 0 Å². The Kier molecular flexibility index (Phi) is 4.38. The van der Waals surface area contributed by atoms with E-state index in [0.717, 1.165) is 0 Å². The number of hydrogen-bond acceptors (Lipinski definition) is 4. The summed E-state index contributed by atoms with van der Waals surface area (Å²) in [5, 5.41) is 10.1. The molecule has 0 spiro atoms. The molecule has 0 radical (unpaired) electrons. The fourth-order valence-corrected chi connectivity index (χ4v) is 1.29. The van der Waals surface area contributed by atoms with Gasteiger partial charge in [0.2, 0.25) is 5.54 Å². The Hall–Kier alpha value is -2.10. The molecular formula is C10H13F3N4O3. The number of hydrogen-bond donors (Lipinski definition) is 3. The predicted octanol–water partition coefficient (Wildman–Crippen LogP) is -0.0228. The summed E-state index contributed by atoms with van der Waals surface area (Å²) < 4.78 is 39.6. The van der Waals surface area contributed by atoms with Crippen molar-refractivity contribution < 1.29 is 27.9 Å². The lowest BCUT2D eigenvalue weighted by Gasteiger charge is -2.28. The number of alkyl halides is 3. The molecule has 1 aromatic rings. The number of rotatable bonds is 5. The maximum Gasteiger partial charge on any atom is 0.422 e. The Morgan fingerprint density at radius 1 is 1.50 bits per heavy atom. The van der Waals surface area contributed by atoms with Gasteiger partial charge in [-0.3, -0.25) is 4.79 Å². The van der Waals surface area contributed by atoms with Gasteiger partial charge in [0.1, 0.15) is 5.69 Å². The van der Waals surface area contributed by atoms with Gasteiger partial charge in [-0.1, -0.05) is 0 Å². The Morgan fingerprint density at radius 3 is 2.55 bits per heavy atom. The molecule has 1 unspecified atom stereocenters. The van der Waals surface area contributed by atoms with Crippen LogP contribution in [0.5, 0.6) is 0 Å². The van der Waals surface area contributed by atoms with Gasteiger partial charge in [-0.2, -0.15) is 13.2 Å². The molecule has 10 heteroatoms. The molecule has 0 aliphatic rings. The molecule has 1 amide bonds. The second kappa shape index (κ2) is 5.49. The third-order valence-corrected chi connectivity index (χ3v) is 2.61. The minimum atomic E-state index is -5.14. The second-order valence-corrected chi connectivity index (χ2v) is 4.17. The molecule has 20 heavy (non-hydrogen) atoms. The molecule has 1 rings (SSSR count). The first kappa shape index (κ1) is 16.0. The summed E-state index contributed by atoms with van der Waals surface area (Å²) >= 11 is 0. The van der Waals surface area contributed by atoms with Crippen LogP contribution in [0.1, 0.15) is 17.4 Å². The van der Waals surface area contributed by atoms with Crippen molar-refractivity contribution in [3.63, 3.8) is 0 Å². The first-order valence-electron chi connectivity index (χ1n) is 5.46. The van der Waals surface area contributed by atoms with E-state index < -0.39 is 23.6 Å². The van der Waals surface area contributed by atoms with Crippen LogP contribution in [0.25, 0.3) is 0 Å². The Bertz CT molecular complexity index is 514. The third kappa shape index (κ3) is 3.07. The molecular weight excluding hydrogens is 281 g/mol. The molecule has 1 atom stereocenters. The molecule has 1 heterocycles. The molecule has 4 N–H and O–H groups in total. The number of aliphatic carboxylic acids is 1. The zero-order valence-electron chi connectivity index (χ0n) is 10.4. The van der Waals surface area contributed by atoms with Gasteiger partial charge < -0.3 is 20.7 Å². The van der Waals surface area contributed by atoms with Gasteiger partial charge in [0.25, 0.3) is 5.91 Å². The monoisotopic (exact) mass is 294 g/mol. The average Bonchev–Trinajstić information content (AvgIpc) is 2.76. The minimum Gasteiger partial charge on any atom is -0.479 e. The summed E-state index contributed by atoms with van der Waals surface area (Å²) in [5.41, 5.74) is 1.56. The zero-order valence-corrected chi connectivity index (χ0v) is 10.4. The fourth-order valence-electron chi connectivity index (χ4n) is 1.29. The van der Waals surface area contributed by atoms with Crippen molar-refractivity contribution in [1.82, 2.24) is 14.9 Å². The topological polar surface area (TPSA) is 110 Å². The van der Waals surface area contributed by atoms with Gasteiger partial charge in [-0.15, -0.1) is 0 Å². The van der Waals surface area contributed by atoms with Gasteiger partial charge in [0.15, 0.2) is 0 Å². The van der Waals surface area contributed by atoms with E-state index in [2.05, 4.69) is 4.98 Å². The van der Waals surface area contributed by atoms with E-state index in [9.17, 15) is 22.8 Å². The minimum absolute atomic E-state index is 0.257. The number of carboxylic acid groups (broad SMARTS) is 1. The highest BCUT2D eigenvalue weighted by atomic mass is 19.4. The van der Waals surface area contributed by atoms with Crippen molar-refractivity contribution in [2.45, 2.75) is 25.2 Å². The van der Waals surface area contributed by atoms with Crippen molar-refractivity contribution in [2.24, 2.45) is 5.73 Å². The summed E-state index contributed by atoms with van der Waals surface area (Å²) in [6.07, 6.45) is -2.75. The lowest BCUT2D eigenvalue weighted by atomic mass is 10.0. The highest BCUT2D eigenvalue weighted by Gasteiger charge is 2.58. The molecule has 0 saturated heterocycles. The molecule has 0 bridgehead atoms. The van der Waals surface area contributed by atoms with E-state index in [1.807, 2.05) is 0 Å². The number of nitrogens with zero attached hydrogens (tertiary/aromatic N) is 2. The number of carbonyl (C=O) groups excluding carboxylic acids is 1. The fraction of sp³-hybridized carbons (Fsp3) is 0.500. The van der Waals surface area contributed by atoms with Crippen LogP contribution in [0.3, 0.4) is 0 Å². The number of aromatic nitrogens is 2. The molecule has 112 valence electrons. The Labute approximate surface area is 111 Å². The van der Waals surface area contributed by atoms with E-state index in [1.54, 1.807) is 0 Å². The molecule has 7 nitrogen and oxygen atoms in total. The first-order valence-corrected chi connectivity index (χ1v) is 5.46. The molecule has 0 fully saturated rings. The highest BCUT2D eigenvalue weighted by Crippen LogP contribution is 2.30. The molecule has 0 saturated carbocycles. The van der Waals surface area contributed by atoms with Crippen LogP contribution in [0.2, 0.25) is 0 Å². The number of carboxylic acids is 1. The van der Waals surface area contributed by atoms with E-state index in [4.69, 9.17) is 10.8 Å². The number of halogens is 3. The van der Waals surface area contributed by atoms with E-state index in [-0.39, 0.29) is 12.2 Å². The van der Waals surface area contributed by atoms with Crippen molar-refractivity contribution in [3.8, 4) is 0 Å². The predicted molar refractivity (Wildman–Crippen MR) is 60.8 cm³/mol. The van der Waals surface area contributed by atoms with Gasteiger partial charge in [0.05, 0.1) is 6.33 Å². The van der Waals surface area contributed by atoms with Crippen LogP contribution in [-0.2, 0) is 11.3 Å².